The van der Waals surface area contributed by atoms with E-state index in [9.17, 15) is 0 Å². The van der Waals surface area contributed by atoms with Crippen LogP contribution in [0.15, 0.2) is 17.5 Å². The molecule has 0 atom stereocenters. The summed E-state index contributed by atoms with van der Waals surface area (Å²) in [4.78, 5) is 1.19. The van der Waals surface area contributed by atoms with Crippen LogP contribution in [0.25, 0.3) is 0 Å². The molecule has 0 radical (unpaired) electrons. The van der Waals surface area contributed by atoms with E-state index >= 15 is 0 Å². The highest BCUT2D eigenvalue weighted by Crippen LogP contribution is 2.11. The van der Waals surface area contributed by atoms with E-state index in [2.05, 4.69) is 43.2 Å². The van der Waals surface area contributed by atoms with Crippen molar-refractivity contribution in [1.82, 2.24) is 0 Å². The number of thiophene rings is 1. The van der Waals surface area contributed by atoms with Crippen LogP contribution in [0.2, 0.25) is 0 Å². The van der Waals surface area contributed by atoms with Crippen molar-refractivity contribution in [3.63, 3.8) is 0 Å². The van der Waals surface area contributed by atoms with Gasteiger partial charge in [0.15, 0.2) is 0 Å². The highest BCUT2D eigenvalue weighted by molar-refractivity contribution is 7.10. The summed E-state index contributed by atoms with van der Waals surface area (Å²) in [6, 6.07) is 4.15. The van der Waals surface area contributed by atoms with E-state index in [1.807, 2.05) is 0 Å². The third-order valence-electron chi connectivity index (χ3n) is 4.00. The summed E-state index contributed by atoms with van der Waals surface area (Å²) in [5, 5.41) is 2.08. The summed E-state index contributed by atoms with van der Waals surface area (Å²) < 4.78 is 11.0. The van der Waals surface area contributed by atoms with Gasteiger partial charge in [-0.25, -0.2) is 0 Å². The van der Waals surface area contributed by atoms with Crippen molar-refractivity contribution in [2.75, 3.05) is 19.8 Å². The van der Waals surface area contributed by atoms with E-state index in [4.69, 9.17) is 9.47 Å². The largest absolute Gasteiger partial charge is 0.379 e. The minimum atomic E-state index is 0.308. The average molecular weight is 365 g/mol. The summed E-state index contributed by atoms with van der Waals surface area (Å²) in [6.45, 7) is 6.45. The van der Waals surface area contributed by atoms with Crippen LogP contribution in [0.5, 0.6) is 0 Å². The lowest BCUT2D eigenvalue weighted by Crippen LogP contribution is -2.10. The molecule has 0 saturated heterocycles. The molecule has 0 bridgehead atoms. The zero-order valence-electron chi connectivity index (χ0n) is 16.2. The Morgan fingerprint density at radius 1 is 0.880 bits per heavy atom. The van der Waals surface area contributed by atoms with Crippen LogP contribution in [0.3, 0.4) is 0 Å². The monoisotopic (exact) mass is 364 g/mol. The average Bonchev–Trinajstić information content (AvgIpc) is 3.11. The maximum absolute atomic E-state index is 5.56. The minimum Gasteiger partial charge on any atom is -0.379 e. The normalized spacial score (nSPS) is 10.8. The lowest BCUT2D eigenvalue weighted by molar-refractivity contribution is 0.0186. The smallest absolute Gasteiger partial charge is 0.0768 e. The number of hydrogen-bond acceptors (Lipinski definition) is 3. The Bertz CT molecular complexity index is 442. The summed E-state index contributed by atoms with van der Waals surface area (Å²) in [5.74, 6) is 6.50. The van der Waals surface area contributed by atoms with Gasteiger partial charge in [0.1, 0.15) is 0 Å². The molecule has 0 amide bonds. The zero-order valence-corrected chi connectivity index (χ0v) is 17.0. The molecule has 2 nitrogen and oxygen atoms in total. The van der Waals surface area contributed by atoms with E-state index in [0.717, 1.165) is 26.2 Å². The first kappa shape index (κ1) is 22.2. The van der Waals surface area contributed by atoms with E-state index in [-0.39, 0.29) is 0 Å². The Labute approximate surface area is 159 Å². The predicted molar refractivity (Wildman–Crippen MR) is 109 cm³/mol. The Balaban J connectivity index is 1.72. The van der Waals surface area contributed by atoms with Crippen LogP contribution < -0.4 is 0 Å². The molecule has 3 heteroatoms. The molecular weight excluding hydrogens is 328 g/mol. The molecule has 1 heterocycles. The SMILES string of the molecule is CC(C)OCCOCCCCCCCCCCCC#Cc1cccs1. The standard InChI is InChI=1S/C22H36O2S/c1-21(2)24-19-18-23-17-13-11-9-7-5-3-4-6-8-10-12-15-22-16-14-20-25-22/h14,16,20-21H,3-11,13,17-19H2,1-2H3. The molecule has 1 rings (SSSR count). The number of unbranched alkanes of at least 4 members (excludes halogenated alkanes) is 9. The third kappa shape index (κ3) is 15.2. The molecule has 0 aromatic carbocycles. The van der Waals surface area contributed by atoms with E-state index < -0.39 is 0 Å². The second kappa shape index (κ2) is 16.6. The minimum absolute atomic E-state index is 0.308. The molecule has 25 heavy (non-hydrogen) atoms. The van der Waals surface area contributed by atoms with E-state index in [0.29, 0.717) is 6.10 Å². The van der Waals surface area contributed by atoms with Gasteiger partial charge in [-0.2, -0.15) is 0 Å². The lowest BCUT2D eigenvalue weighted by Gasteiger charge is -2.08. The quantitative estimate of drug-likeness (QED) is 0.263. The summed E-state index contributed by atoms with van der Waals surface area (Å²) >= 11 is 1.72. The number of hydrogen-bond donors (Lipinski definition) is 0. The van der Waals surface area contributed by atoms with Crippen molar-refractivity contribution in [2.45, 2.75) is 84.2 Å². The number of rotatable bonds is 15. The van der Waals surface area contributed by atoms with Crippen molar-refractivity contribution in [3.8, 4) is 11.8 Å². The van der Waals surface area contributed by atoms with Gasteiger partial charge in [0.2, 0.25) is 0 Å². The molecule has 142 valence electrons. The molecular formula is C22H36O2S. The Hall–Kier alpha value is -0.820. The van der Waals surface area contributed by atoms with Gasteiger partial charge in [-0.05, 0) is 38.1 Å². The topological polar surface area (TPSA) is 18.5 Å². The van der Waals surface area contributed by atoms with Crippen LogP contribution in [0, 0.1) is 11.8 Å². The van der Waals surface area contributed by atoms with Crippen LogP contribution in [-0.4, -0.2) is 25.9 Å². The first-order valence-electron chi connectivity index (χ1n) is 10.0. The highest BCUT2D eigenvalue weighted by atomic mass is 32.1. The van der Waals surface area contributed by atoms with Gasteiger partial charge in [0.25, 0.3) is 0 Å². The second-order valence-corrected chi connectivity index (χ2v) is 7.69. The summed E-state index contributed by atoms with van der Waals surface area (Å²) in [7, 11) is 0. The first-order valence-corrected chi connectivity index (χ1v) is 10.9. The fourth-order valence-corrected chi connectivity index (χ4v) is 3.19. The van der Waals surface area contributed by atoms with Crippen molar-refractivity contribution >= 4 is 11.3 Å². The van der Waals surface area contributed by atoms with Gasteiger partial charge in [-0.3, -0.25) is 0 Å². The Morgan fingerprint density at radius 2 is 1.56 bits per heavy atom. The van der Waals surface area contributed by atoms with E-state index in [1.165, 1.54) is 62.7 Å². The molecule has 0 aliphatic heterocycles. The molecule has 0 unspecified atom stereocenters. The molecule has 0 aliphatic rings. The van der Waals surface area contributed by atoms with Crippen molar-refractivity contribution in [3.05, 3.63) is 22.4 Å². The van der Waals surface area contributed by atoms with Crippen LogP contribution in [0.1, 0.15) is 82.9 Å². The van der Waals surface area contributed by atoms with Gasteiger partial charge >= 0.3 is 0 Å². The first-order chi connectivity index (χ1) is 12.3. The molecule has 0 aliphatic carbocycles. The van der Waals surface area contributed by atoms with Crippen molar-refractivity contribution in [2.24, 2.45) is 0 Å². The Morgan fingerprint density at radius 3 is 2.20 bits per heavy atom. The van der Waals surface area contributed by atoms with Gasteiger partial charge in [-0.15, -0.1) is 11.3 Å². The molecule has 0 spiro atoms. The van der Waals surface area contributed by atoms with Gasteiger partial charge in [0.05, 0.1) is 24.2 Å². The fourth-order valence-electron chi connectivity index (χ4n) is 2.60. The fraction of sp³-hybridized carbons (Fsp3) is 0.727. The third-order valence-corrected chi connectivity index (χ3v) is 4.79. The van der Waals surface area contributed by atoms with Crippen molar-refractivity contribution < 1.29 is 9.47 Å². The van der Waals surface area contributed by atoms with Crippen LogP contribution in [0.4, 0.5) is 0 Å². The highest BCUT2D eigenvalue weighted by Gasteiger charge is 1.95. The number of ether oxygens (including phenoxy) is 2. The molecule has 1 aromatic rings. The van der Waals surface area contributed by atoms with Gasteiger partial charge in [-0.1, -0.05) is 62.9 Å². The molecule has 0 saturated carbocycles. The van der Waals surface area contributed by atoms with Gasteiger partial charge < -0.3 is 9.47 Å². The summed E-state index contributed by atoms with van der Waals surface area (Å²) in [5.41, 5.74) is 0. The molecule has 0 N–H and O–H groups in total. The van der Waals surface area contributed by atoms with Crippen LogP contribution in [-0.2, 0) is 9.47 Å². The zero-order chi connectivity index (χ0) is 18.0. The predicted octanol–water partition coefficient (Wildman–Crippen LogP) is 6.44. The molecule has 0 fully saturated rings. The van der Waals surface area contributed by atoms with Crippen molar-refractivity contribution in [1.29, 1.82) is 0 Å². The van der Waals surface area contributed by atoms with E-state index in [1.54, 1.807) is 11.3 Å². The maximum Gasteiger partial charge on any atom is 0.0768 e. The summed E-state index contributed by atoms with van der Waals surface area (Å²) in [6.07, 6.45) is 13.2. The maximum atomic E-state index is 5.56. The van der Waals surface area contributed by atoms with Gasteiger partial charge in [0, 0.05) is 13.0 Å². The molecule has 1 aromatic heterocycles. The second-order valence-electron chi connectivity index (χ2n) is 6.74. The lowest BCUT2D eigenvalue weighted by atomic mass is 10.1. The Kier molecular flexibility index (Phi) is 14.8. The van der Waals surface area contributed by atoms with Crippen LogP contribution >= 0.6 is 11.3 Å².